The maximum atomic E-state index is 11.8. The number of hydrogen-bond acceptors (Lipinski definition) is 4. The molecule has 0 unspecified atom stereocenters. The lowest BCUT2D eigenvalue weighted by Crippen LogP contribution is -2.12. The number of aromatic hydroxyl groups is 1. The van der Waals surface area contributed by atoms with Crippen LogP contribution >= 0.6 is 33.9 Å². The van der Waals surface area contributed by atoms with Gasteiger partial charge in [-0.15, -0.1) is 11.3 Å². The number of halogens is 1. The van der Waals surface area contributed by atoms with E-state index in [-0.39, 0.29) is 17.2 Å². The molecule has 0 bridgehead atoms. The summed E-state index contributed by atoms with van der Waals surface area (Å²) in [6.45, 7) is 0. The SMILES string of the molecule is O=C(Nc1nccs1)c1cc(I)ccc1O. The van der Waals surface area contributed by atoms with Gasteiger partial charge in [0, 0.05) is 15.1 Å². The number of anilines is 1. The quantitative estimate of drug-likeness (QED) is 0.822. The van der Waals surface area contributed by atoms with Crippen LogP contribution in [0.2, 0.25) is 0 Å². The Bertz CT molecular complexity index is 514. The van der Waals surface area contributed by atoms with Crippen molar-refractivity contribution in [1.82, 2.24) is 4.98 Å². The second-order valence-corrected chi connectivity index (χ2v) is 5.09. The zero-order valence-corrected chi connectivity index (χ0v) is 10.9. The Morgan fingerprint density at radius 2 is 2.31 bits per heavy atom. The molecular weight excluding hydrogens is 339 g/mol. The number of carbonyl (C=O) groups is 1. The van der Waals surface area contributed by atoms with Crippen molar-refractivity contribution in [2.45, 2.75) is 0 Å². The van der Waals surface area contributed by atoms with Crippen LogP contribution in [0.15, 0.2) is 29.8 Å². The van der Waals surface area contributed by atoms with Gasteiger partial charge in [0.1, 0.15) is 5.75 Å². The van der Waals surface area contributed by atoms with Crippen molar-refractivity contribution >= 4 is 45.0 Å². The summed E-state index contributed by atoms with van der Waals surface area (Å²) in [5.41, 5.74) is 0.252. The van der Waals surface area contributed by atoms with E-state index in [4.69, 9.17) is 0 Å². The van der Waals surface area contributed by atoms with E-state index in [0.717, 1.165) is 3.57 Å². The lowest BCUT2D eigenvalue weighted by molar-refractivity contribution is 0.102. The molecule has 2 rings (SSSR count). The van der Waals surface area contributed by atoms with Crippen LogP contribution in [-0.4, -0.2) is 16.0 Å². The first kappa shape index (κ1) is 11.3. The molecule has 0 aliphatic heterocycles. The molecule has 16 heavy (non-hydrogen) atoms. The van der Waals surface area contributed by atoms with Gasteiger partial charge in [0.15, 0.2) is 5.13 Å². The molecule has 82 valence electrons. The predicted octanol–water partition coefficient (Wildman–Crippen LogP) is 2.71. The zero-order chi connectivity index (χ0) is 11.5. The molecule has 0 saturated carbocycles. The molecule has 0 atom stereocenters. The van der Waals surface area contributed by atoms with Crippen LogP contribution in [0.25, 0.3) is 0 Å². The number of nitrogens with zero attached hydrogens (tertiary/aromatic N) is 1. The molecule has 2 aromatic rings. The summed E-state index contributed by atoms with van der Waals surface area (Å²) >= 11 is 3.41. The van der Waals surface area contributed by atoms with Crippen molar-refractivity contribution in [2.75, 3.05) is 5.32 Å². The van der Waals surface area contributed by atoms with Crippen molar-refractivity contribution in [1.29, 1.82) is 0 Å². The fourth-order valence-corrected chi connectivity index (χ4v) is 2.15. The van der Waals surface area contributed by atoms with E-state index in [2.05, 4.69) is 32.9 Å². The highest BCUT2D eigenvalue weighted by Gasteiger charge is 2.12. The van der Waals surface area contributed by atoms with E-state index in [1.807, 2.05) is 0 Å². The molecule has 4 nitrogen and oxygen atoms in total. The topological polar surface area (TPSA) is 62.2 Å². The Labute approximate surface area is 109 Å². The number of phenols is 1. The van der Waals surface area contributed by atoms with Crippen molar-refractivity contribution in [3.8, 4) is 5.75 Å². The van der Waals surface area contributed by atoms with E-state index < -0.39 is 0 Å². The van der Waals surface area contributed by atoms with E-state index in [1.165, 1.54) is 17.4 Å². The fraction of sp³-hybridized carbons (Fsp3) is 0. The lowest BCUT2D eigenvalue weighted by atomic mass is 10.2. The maximum absolute atomic E-state index is 11.8. The highest BCUT2D eigenvalue weighted by molar-refractivity contribution is 14.1. The Morgan fingerprint density at radius 1 is 1.50 bits per heavy atom. The molecule has 0 aliphatic carbocycles. The van der Waals surface area contributed by atoms with Gasteiger partial charge in [-0.2, -0.15) is 0 Å². The first-order chi connectivity index (χ1) is 7.66. The summed E-state index contributed by atoms with van der Waals surface area (Å²) in [5, 5.41) is 14.4. The van der Waals surface area contributed by atoms with Gasteiger partial charge in [-0.25, -0.2) is 4.98 Å². The second-order valence-electron chi connectivity index (χ2n) is 2.95. The van der Waals surface area contributed by atoms with Crippen LogP contribution in [-0.2, 0) is 0 Å². The zero-order valence-electron chi connectivity index (χ0n) is 7.98. The van der Waals surface area contributed by atoms with Crippen molar-refractivity contribution in [3.63, 3.8) is 0 Å². The van der Waals surface area contributed by atoms with Gasteiger partial charge >= 0.3 is 0 Å². The van der Waals surface area contributed by atoms with Crippen LogP contribution in [0.3, 0.4) is 0 Å². The molecule has 2 N–H and O–H groups in total. The normalized spacial score (nSPS) is 10.1. The van der Waals surface area contributed by atoms with Crippen molar-refractivity contribution < 1.29 is 9.90 Å². The molecule has 0 fully saturated rings. The monoisotopic (exact) mass is 346 g/mol. The van der Waals surface area contributed by atoms with Gasteiger partial charge in [0.05, 0.1) is 5.56 Å². The number of rotatable bonds is 2. The average molecular weight is 346 g/mol. The minimum Gasteiger partial charge on any atom is -0.507 e. The number of hydrogen-bond donors (Lipinski definition) is 2. The minimum absolute atomic E-state index is 0.0329. The summed E-state index contributed by atoms with van der Waals surface area (Å²) in [5.74, 6) is -0.388. The first-order valence-electron chi connectivity index (χ1n) is 4.36. The molecule has 0 spiro atoms. The average Bonchev–Trinajstić information content (AvgIpc) is 2.74. The maximum Gasteiger partial charge on any atom is 0.261 e. The number of aromatic nitrogens is 1. The Hall–Kier alpha value is -1.15. The van der Waals surface area contributed by atoms with Crippen LogP contribution in [0.4, 0.5) is 5.13 Å². The summed E-state index contributed by atoms with van der Waals surface area (Å²) < 4.78 is 0.889. The number of phenolic OH excluding ortho intramolecular Hbond substituents is 1. The van der Waals surface area contributed by atoms with E-state index in [9.17, 15) is 9.90 Å². The molecule has 6 heteroatoms. The molecule has 0 saturated heterocycles. The summed E-state index contributed by atoms with van der Waals surface area (Å²) in [7, 11) is 0. The number of carbonyl (C=O) groups excluding carboxylic acids is 1. The molecule has 1 aromatic carbocycles. The van der Waals surface area contributed by atoms with Gasteiger partial charge < -0.3 is 5.11 Å². The smallest absolute Gasteiger partial charge is 0.261 e. The lowest BCUT2D eigenvalue weighted by Gasteiger charge is -2.04. The third kappa shape index (κ3) is 2.50. The van der Waals surface area contributed by atoms with Crippen LogP contribution in [0, 0.1) is 3.57 Å². The second kappa shape index (κ2) is 4.79. The van der Waals surface area contributed by atoms with Crippen LogP contribution < -0.4 is 5.32 Å². The number of amides is 1. The number of benzene rings is 1. The van der Waals surface area contributed by atoms with Gasteiger partial charge in [-0.1, -0.05) is 0 Å². The van der Waals surface area contributed by atoms with Crippen molar-refractivity contribution in [2.24, 2.45) is 0 Å². The van der Waals surface area contributed by atoms with Crippen LogP contribution in [0.1, 0.15) is 10.4 Å². The Morgan fingerprint density at radius 3 is 3.00 bits per heavy atom. The molecule has 1 amide bonds. The third-order valence-electron chi connectivity index (χ3n) is 1.86. The van der Waals surface area contributed by atoms with E-state index >= 15 is 0 Å². The number of nitrogens with one attached hydrogen (secondary N) is 1. The van der Waals surface area contributed by atoms with E-state index in [1.54, 1.807) is 23.7 Å². The first-order valence-corrected chi connectivity index (χ1v) is 6.32. The standard InChI is InChI=1S/C10H7IN2O2S/c11-6-1-2-8(14)7(5-6)9(15)13-10-12-3-4-16-10/h1-5,14H,(H,12,13,15). The predicted molar refractivity (Wildman–Crippen MR) is 70.9 cm³/mol. The molecule has 1 heterocycles. The van der Waals surface area contributed by atoms with Gasteiger partial charge in [0.25, 0.3) is 5.91 Å². The highest BCUT2D eigenvalue weighted by Crippen LogP contribution is 2.21. The van der Waals surface area contributed by atoms with E-state index in [0.29, 0.717) is 5.13 Å². The minimum atomic E-state index is -0.356. The van der Waals surface area contributed by atoms with Gasteiger partial charge in [0.2, 0.25) is 0 Å². The van der Waals surface area contributed by atoms with Gasteiger partial charge in [-0.05, 0) is 40.8 Å². The summed E-state index contributed by atoms with van der Waals surface area (Å²) in [4.78, 5) is 15.7. The Balaban J connectivity index is 2.24. The largest absolute Gasteiger partial charge is 0.507 e. The summed E-state index contributed by atoms with van der Waals surface area (Å²) in [6, 6.07) is 4.85. The van der Waals surface area contributed by atoms with Gasteiger partial charge in [-0.3, -0.25) is 10.1 Å². The van der Waals surface area contributed by atoms with Crippen LogP contribution in [0.5, 0.6) is 5.75 Å². The molecule has 1 aromatic heterocycles. The molecule has 0 aliphatic rings. The molecular formula is C10H7IN2O2S. The van der Waals surface area contributed by atoms with Crippen molar-refractivity contribution in [3.05, 3.63) is 38.9 Å². The number of thiazole rings is 1. The Kier molecular flexibility index (Phi) is 3.39. The molecule has 0 radical (unpaired) electrons. The summed E-state index contributed by atoms with van der Waals surface area (Å²) in [6.07, 6.45) is 1.61. The highest BCUT2D eigenvalue weighted by atomic mass is 127. The fourth-order valence-electron chi connectivity index (χ4n) is 1.14. The third-order valence-corrected chi connectivity index (χ3v) is 3.22.